The fourth-order valence-electron chi connectivity index (χ4n) is 2.75. The molecule has 0 saturated carbocycles. The summed E-state index contributed by atoms with van der Waals surface area (Å²) in [7, 11) is 0. The van der Waals surface area contributed by atoms with Crippen molar-refractivity contribution in [3.05, 3.63) is 53.7 Å². The number of aromatic nitrogens is 5. The Morgan fingerprint density at radius 2 is 2.12 bits per heavy atom. The lowest BCUT2D eigenvalue weighted by atomic mass is 10.1. The molecule has 3 heterocycles. The van der Waals surface area contributed by atoms with E-state index in [2.05, 4.69) is 30.5 Å². The highest BCUT2D eigenvalue weighted by Crippen LogP contribution is 2.22. The van der Waals surface area contributed by atoms with Gasteiger partial charge in [0.05, 0.1) is 13.2 Å². The van der Waals surface area contributed by atoms with Crippen molar-refractivity contribution < 1.29 is 9.47 Å². The maximum Gasteiger partial charge on any atom is 0.226 e. The van der Waals surface area contributed by atoms with Crippen molar-refractivity contribution >= 4 is 5.95 Å². The van der Waals surface area contributed by atoms with Crippen molar-refractivity contribution in [2.24, 2.45) is 0 Å². The van der Waals surface area contributed by atoms with Crippen LogP contribution < -0.4 is 10.1 Å². The van der Waals surface area contributed by atoms with Crippen LogP contribution in [-0.4, -0.2) is 38.4 Å². The summed E-state index contributed by atoms with van der Waals surface area (Å²) in [5.74, 6) is 3.53. The van der Waals surface area contributed by atoms with Gasteiger partial charge in [0.2, 0.25) is 11.8 Å². The maximum absolute atomic E-state index is 5.78. The number of rotatable bonds is 6. The maximum atomic E-state index is 5.78. The number of nitrogens with one attached hydrogen (secondary N) is 2. The molecular formula is C18H20N6O2. The first kappa shape index (κ1) is 16.5. The molecule has 0 amide bonds. The molecule has 1 unspecified atom stereocenters. The summed E-state index contributed by atoms with van der Waals surface area (Å²) in [6, 6.07) is 11.3. The number of ether oxygens (including phenoxy) is 2. The molecule has 1 aromatic carbocycles. The monoisotopic (exact) mass is 352 g/mol. The van der Waals surface area contributed by atoms with Crippen molar-refractivity contribution in [3.63, 3.8) is 0 Å². The molecule has 0 spiro atoms. The van der Waals surface area contributed by atoms with E-state index in [1.165, 1.54) is 0 Å². The van der Waals surface area contributed by atoms with Gasteiger partial charge in [0.15, 0.2) is 5.82 Å². The SMILES string of the molecule is Cc1cc(Oc2ccccc2)nc(NCc2nc(C3CCOC3)n[nH]2)n1. The predicted octanol–water partition coefficient (Wildman–Crippen LogP) is 2.81. The fraction of sp³-hybridized carbons (Fsp3) is 0.333. The number of hydrogen-bond donors (Lipinski definition) is 2. The molecule has 1 aliphatic heterocycles. The normalized spacial score (nSPS) is 16.6. The fourth-order valence-corrected chi connectivity index (χ4v) is 2.75. The van der Waals surface area contributed by atoms with Crippen LogP contribution in [0.3, 0.4) is 0 Å². The lowest BCUT2D eigenvalue weighted by molar-refractivity contribution is 0.193. The van der Waals surface area contributed by atoms with Crippen LogP contribution in [0.25, 0.3) is 0 Å². The number of aromatic amines is 1. The van der Waals surface area contributed by atoms with E-state index in [4.69, 9.17) is 9.47 Å². The highest BCUT2D eigenvalue weighted by Gasteiger charge is 2.21. The third kappa shape index (κ3) is 3.97. The molecule has 0 aliphatic carbocycles. The highest BCUT2D eigenvalue weighted by molar-refractivity contribution is 5.33. The van der Waals surface area contributed by atoms with Crippen molar-refractivity contribution in [2.75, 3.05) is 18.5 Å². The third-order valence-electron chi connectivity index (χ3n) is 4.05. The van der Waals surface area contributed by atoms with E-state index < -0.39 is 0 Å². The van der Waals surface area contributed by atoms with E-state index in [9.17, 15) is 0 Å². The Balaban J connectivity index is 1.41. The summed E-state index contributed by atoms with van der Waals surface area (Å²) in [4.78, 5) is 13.3. The molecule has 4 rings (SSSR count). The second-order valence-electron chi connectivity index (χ2n) is 6.14. The molecule has 1 atom stereocenters. The highest BCUT2D eigenvalue weighted by atomic mass is 16.5. The summed E-state index contributed by atoms with van der Waals surface area (Å²) >= 11 is 0. The molecule has 1 fully saturated rings. The van der Waals surface area contributed by atoms with Crippen molar-refractivity contribution in [3.8, 4) is 11.6 Å². The number of para-hydroxylation sites is 1. The number of anilines is 1. The first-order valence-electron chi connectivity index (χ1n) is 8.57. The van der Waals surface area contributed by atoms with Gasteiger partial charge >= 0.3 is 0 Å². The van der Waals surface area contributed by atoms with E-state index in [1.54, 1.807) is 6.07 Å². The van der Waals surface area contributed by atoms with Gasteiger partial charge in [-0.3, -0.25) is 5.10 Å². The zero-order chi connectivity index (χ0) is 17.8. The van der Waals surface area contributed by atoms with E-state index >= 15 is 0 Å². The van der Waals surface area contributed by atoms with Crippen LogP contribution >= 0.6 is 0 Å². The van der Waals surface area contributed by atoms with Crippen LogP contribution in [0.5, 0.6) is 11.6 Å². The topological polar surface area (TPSA) is 97.8 Å². The van der Waals surface area contributed by atoms with Crippen LogP contribution in [0.1, 0.15) is 29.7 Å². The van der Waals surface area contributed by atoms with Crippen LogP contribution in [0.2, 0.25) is 0 Å². The van der Waals surface area contributed by atoms with Gasteiger partial charge in [0.25, 0.3) is 0 Å². The van der Waals surface area contributed by atoms with Crippen molar-refractivity contribution in [2.45, 2.75) is 25.8 Å². The first-order chi connectivity index (χ1) is 12.8. The Bertz CT molecular complexity index is 861. The molecule has 1 saturated heterocycles. The van der Waals surface area contributed by atoms with Crippen LogP contribution in [0, 0.1) is 6.92 Å². The Labute approximate surface area is 151 Å². The Kier molecular flexibility index (Phi) is 4.74. The number of aryl methyl sites for hydroxylation is 1. The van der Waals surface area contributed by atoms with Crippen molar-refractivity contribution in [1.29, 1.82) is 0 Å². The van der Waals surface area contributed by atoms with Gasteiger partial charge in [-0.2, -0.15) is 10.1 Å². The number of benzene rings is 1. The molecule has 2 aromatic heterocycles. The number of H-pyrrole nitrogens is 1. The van der Waals surface area contributed by atoms with Crippen LogP contribution in [0.15, 0.2) is 36.4 Å². The van der Waals surface area contributed by atoms with Crippen LogP contribution in [0.4, 0.5) is 5.95 Å². The molecule has 3 aromatic rings. The summed E-state index contributed by atoms with van der Waals surface area (Å²) in [6.07, 6.45) is 0.964. The average molecular weight is 352 g/mol. The molecule has 1 aliphatic rings. The Hall–Kier alpha value is -3.00. The van der Waals surface area contributed by atoms with Gasteiger partial charge in [-0.1, -0.05) is 18.2 Å². The quantitative estimate of drug-likeness (QED) is 0.704. The largest absolute Gasteiger partial charge is 0.439 e. The van der Waals surface area contributed by atoms with Crippen molar-refractivity contribution in [1.82, 2.24) is 25.1 Å². The molecule has 26 heavy (non-hydrogen) atoms. The molecule has 2 N–H and O–H groups in total. The third-order valence-corrected chi connectivity index (χ3v) is 4.05. The molecule has 0 bridgehead atoms. The minimum absolute atomic E-state index is 0.279. The summed E-state index contributed by atoms with van der Waals surface area (Å²) < 4.78 is 11.2. The molecule has 0 radical (unpaired) electrons. The lowest BCUT2D eigenvalue weighted by Crippen LogP contribution is -2.07. The van der Waals surface area contributed by atoms with E-state index in [1.807, 2.05) is 37.3 Å². The number of hydrogen-bond acceptors (Lipinski definition) is 7. The van der Waals surface area contributed by atoms with E-state index in [0.717, 1.165) is 36.1 Å². The lowest BCUT2D eigenvalue weighted by Gasteiger charge is -2.08. The molecule has 134 valence electrons. The summed E-state index contributed by atoms with van der Waals surface area (Å²) in [6.45, 7) is 3.81. The Morgan fingerprint density at radius 1 is 1.23 bits per heavy atom. The molecule has 8 heteroatoms. The zero-order valence-electron chi connectivity index (χ0n) is 14.5. The molecular weight excluding hydrogens is 332 g/mol. The predicted molar refractivity (Wildman–Crippen MR) is 95.2 cm³/mol. The standard InChI is InChI=1S/C18H20N6O2/c1-12-9-16(26-14-5-3-2-4-6-14)22-18(20-12)19-10-15-21-17(24-23-15)13-7-8-25-11-13/h2-6,9,13H,7-8,10-11H2,1H3,(H,19,20,22)(H,21,23,24). The average Bonchev–Trinajstić information content (AvgIpc) is 3.32. The van der Waals surface area contributed by atoms with Gasteiger partial charge in [0.1, 0.15) is 11.6 Å². The van der Waals surface area contributed by atoms with Crippen LogP contribution in [-0.2, 0) is 11.3 Å². The van der Waals surface area contributed by atoms with Gasteiger partial charge in [0, 0.05) is 24.3 Å². The minimum Gasteiger partial charge on any atom is -0.439 e. The second-order valence-corrected chi connectivity index (χ2v) is 6.14. The smallest absolute Gasteiger partial charge is 0.226 e. The first-order valence-corrected chi connectivity index (χ1v) is 8.57. The summed E-state index contributed by atoms with van der Waals surface area (Å²) in [5.41, 5.74) is 0.815. The van der Waals surface area contributed by atoms with Gasteiger partial charge in [-0.05, 0) is 25.5 Å². The number of nitrogens with zero attached hydrogens (tertiary/aromatic N) is 4. The second kappa shape index (κ2) is 7.49. The van der Waals surface area contributed by atoms with E-state index in [0.29, 0.717) is 25.0 Å². The van der Waals surface area contributed by atoms with Gasteiger partial charge < -0.3 is 14.8 Å². The summed E-state index contributed by atoms with van der Waals surface area (Å²) in [5, 5.41) is 10.4. The van der Waals surface area contributed by atoms with Gasteiger partial charge in [-0.25, -0.2) is 9.97 Å². The van der Waals surface area contributed by atoms with Gasteiger partial charge in [-0.15, -0.1) is 0 Å². The molecule has 8 nitrogen and oxygen atoms in total. The zero-order valence-corrected chi connectivity index (χ0v) is 14.5. The van der Waals surface area contributed by atoms with E-state index in [-0.39, 0.29) is 5.92 Å². The Morgan fingerprint density at radius 3 is 2.92 bits per heavy atom. The minimum atomic E-state index is 0.279.